The van der Waals surface area contributed by atoms with Crippen LogP contribution in [-0.4, -0.2) is 25.5 Å². The maximum Gasteiger partial charge on any atom is 0.260 e. The zero-order valence-corrected chi connectivity index (χ0v) is 14.6. The van der Waals surface area contributed by atoms with Gasteiger partial charge in [0.05, 0.1) is 28.4 Å². The number of carbonyl (C=O) groups excluding carboxylic acids is 1. The molecule has 0 bridgehead atoms. The van der Waals surface area contributed by atoms with Crippen LogP contribution in [0.25, 0.3) is 0 Å². The number of anilines is 1. The molecule has 0 saturated heterocycles. The number of aromatic nitrogens is 4. The smallest absolute Gasteiger partial charge is 0.260 e. The van der Waals surface area contributed by atoms with Gasteiger partial charge in [0.1, 0.15) is 0 Å². The van der Waals surface area contributed by atoms with Gasteiger partial charge < -0.3 is 5.32 Å². The van der Waals surface area contributed by atoms with E-state index >= 15 is 0 Å². The molecule has 3 aromatic rings. The van der Waals surface area contributed by atoms with E-state index in [2.05, 4.69) is 15.5 Å². The molecule has 0 radical (unpaired) electrons. The van der Waals surface area contributed by atoms with Crippen molar-refractivity contribution in [3.8, 4) is 0 Å². The molecule has 0 aliphatic heterocycles. The van der Waals surface area contributed by atoms with Crippen LogP contribution < -0.4 is 5.32 Å². The number of hydrogen-bond acceptors (Lipinski definition) is 3. The summed E-state index contributed by atoms with van der Waals surface area (Å²) in [4.78, 5) is 12.1. The number of halogens is 2. The molecule has 6 nitrogen and oxygen atoms in total. The molecule has 124 valence electrons. The van der Waals surface area contributed by atoms with Crippen LogP contribution in [0.15, 0.2) is 36.7 Å². The van der Waals surface area contributed by atoms with Crippen LogP contribution >= 0.6 is 23.2 Å². The Hall–Kier alpha value is -2.31. The molecule has 2 aromatic heterocycles. The number of benzene rings is 1. The van der Waals surface area contributed by atoms with Crippen molar-refractivity contribution in [3.63, 3.8) is 0 Å². The molecule has 8 heteroatoms. The SMILES string of the molecule is Cc1cc(NC(=O)c2cnn(C)c2)nn1Cc1ccc(Cl)c(Cl)c1. The molecule has 0 aliphatic carbocycles. The summed E-state index contributed by atoms with van der Waals surface area (Å²) >= 11 is 12.0. The maximum atomic E-state index is 12.1. The molecule has 1 aromatic carbocycles. The Bertz CT molecular complexity index is 900. The van der Waals surface area contributed by atoms with Gasteiger partial charge in [0, 0.05) is 25.0 Å². The first kappa shape index (κ1) is 16.5. The van der Waals surface area contributed by atoms with Crippen molar-refractivity contribution >= 4 is 34.9 Å². The Morgan fingerprint density at radius 3 is 2.71 bits per heavy atom. The Balaban J connectivity index is 1.75. The van der Waals surface area contributed by atoms with E-state index in [9.17, 15) is 4.79 Å². The number of carbonyl (C=O) groups is 1. The van der Waals surface area contributed by atoms with Crippen LogP contribution in [0.3, 0.4) is 0 Å². The molecule has 0 unspecified atom stereocenters. The van der Waals surface area contributed by atoms with E-state index in [0.29, 0.717) is 28.0 Å². The first-order valence-electron chi connectivity index (χ1n) is 7.21. The van der Waals surface area contributed by atoms with Crippen LogP contribution in [0.1, 0.15) is 21.6 Å². The normalized spacial score (nSPS) is 10.8. The predicted molar refractivity (Wildman–Crippen MR) is 93.7 cm³/mol. The van der Waals surface area contributed by atoms with Crippen molar-refractivity contribution in [1.29, 1.82) is 0 Å². The lowest BCUT2D eigenvalue weighted by molar-refractivity contribution is 0.102. The van der Waals surface area contributed by atoms with E-state index < -0.39 is 0 Å². The van der Waals surface area contributed by atoms with E-state index in [4.69, 9.17) is 23.2 Å². The summed E-state index contributed by atoms with van der Waals surface area (Å²) < 4.78 is 3.36. The largest absolute Gasteiger partial charge is 0.305 e. The lowest BCUT2D eigenvalue weighted by Crippen LogP contribution is -2.12. The molecular formula is C16H15Cl2N5O. The fourth-order valence-electron chi connectivity index (χ4n) is 2.27. The third kappa shape index (κ3) is 3.60. The fourth-order valence-corrected chi connectivity index (χ4v) is 2.59. The second kappa shape index (κ2) is 6.67. The van der Waals surface area contributed by atoms with Crippen molar-refractivity contribution in [1.82, 2.24) is 19.6 Å². The van der Waals surface area contributed by atoms with Crippen LogP contribution in [-0.2, 0) is 13.6 Å². The van der Waals surface area contributed by atoms with E-state index in [0.717, 1.165) is 11.3 Å². The lowest BCUT2D eigenvalue weighted by Gasteiger charge is -2.06. The minimum Gasteiger partial charge on any atom is -0.305 e. The average Bonchev–Trinajstić information content (AvgIpc) is 3.10. The van der Waals surface area contributed by atoms with E-state index in [1.165, 1.54) is 6.20 Å². The quantitative estimate of drug-likeness (QED) is 0.770. The Kier molecular flexibility index (Phi) is 4.59. The highest BCUT2D eigenvalue weighted by Crippen LogP contribution is 2.23. The van der Waals surface area contributed by atoms with E-state index in [1.807, 2.05) is 19.1 Å². The van der Waals surface area contributed by atoms with Crippen molar-refractivity contribution in [2.24, 2.45) is 7.05 Å². The minimum absolute atomic E-state index is 0.248. The first-order chi connectivity index (χ1) is 11.4. The van der Waals surface area contributed by atoms with Crippen molar-refractivity contribution in [2.75, 3.05) is 5.32 Å². The van der Waals surface area contributed by atoms with Crippen molar-refractivity contribution in [3.05, 3.63) is 63.5 Å². The van der Waals surface area contributed by atoms with E-state index in [-0.39, 0.29) is 5.91 Å². The van der Waals surface area contributed by atoms with Gasteiger partial charge in [-0.1, -0.05) is 29.3 Å². The standard InChI is InChI=1S/C16H15Cl2N5O/c1-10-5-15(20-16(24)12-7-19-22(2)9-12)21-23(10)8-11-3-4-13(17)14(18)6-11/h3-7,9H,8H2,1-2H3,(H,20,21,24). The van der Waals surface area contributed by atoms with Crippen LogP contribution in [0.5, 0.6) is 0 Å². The van der Waals surface area contributed by atoms with Crippen molar-refractivity contribution in [2.45, 2.75) is 13.5 Å². The highest BCUT2D eigenvalue weighted by atomic mass is 35.5. The van der Waals surface area contributed by atoms with E-state index in [1.54, 1.807) is 34.7 Å². The topological polar surface area (TPSA) is 64.7 Å². The Morgan fingerprint density at radius 2 is 2.04 bits per heavy atom. The van der Waals surface area contributed by atoms with Gasteiger partial charge >= 0.3 is 0 Å². The third-order valence-corrected chi connectivity index (χ3v) is 4.25. The number of nitrogens with zero attached hydrogens (tertiary/aromatic N) is 4. The molecule has 2 heterocycles. The van der Waals surface area contributed by atoms with Gasteiger partial charge in [-0.2, -0.15) is 10.2 Å². The van der Waals surface area contributed by atoms with Gasteiger partial charge in [-0.15, -0.1) is 0 Å². The molecule has 0 spiro atoms. The summed E-state index contributed by atoms with van der Waals surface area (Å²) in [5.41, 5.74) is 2.37. The molecular weight excluding hydrogens is 349 g/mol. The molecule has 3 rings (SSSR count). The number of nitrogens with one attached hydrogen (secondary N) is 1. The zero-order valence-electron chi connectivity index (χ0n) is 13.1. The van der Waals surface area contributed by atoms with Gasteiger partial charge in [-0.3, -0.25) is 14.2 Å². The van der Waals surface area contributed by atoms with Crippen LogP contribution in [0.2, 0.25) is 10.0 Å². The van der Waals surface area contributed by atoms with Gasteiger partial charge in [0.2, 0.25) is 0 Å². The zero-order chi connectivity index (χ0) is 17.3. The van der Waals surface area contributed by atoms with Gasteiger partial charge in [-0.05, 0) is 24.6 Å². The fraction of sp³-hybridized carbons (Fsp3) is 0.188. The predicted octanol–water partition coefficient (Wildman–Crippen LogP) is 3.53. The molecule has 0 atom stereocenters. The number of amides is 1. The first-order valence-corrected chi connectivity index (χ1v) is 7.96. The molecule has 24 heavy (non-hydrogen) atoms. The molecule has 1 N–H and O–H groups in total. The second-order valence-electron chi connectivity index (χ2n) is 5.43. The number of aryl methyl sites for hydroxylation is 2. The van der Waals surface area contributed by atoms with Gasteiger partial charge in [-0.25, -0.2) is 0 Å². The highest BCUT2D eigenvalue weighted by Gasteiger charge is 2.12. The Morgan fingerprint density at radius 1 is 1.25 bits per heavy atom. The molecule has 0 fully saturated rings. The van der Waals surface area contributed by atoms with Gasteiger partial charge in [0.15, 0.2) is 5.82 Å². The summed E-state index contributed by atoms with van der Waals surface area (Å²) in [7, 11) is 1.76. The number of rotatable bonds is 4. The molecule has 0 saturated carbocycles. The van der Waals surface area contributed by atoms with Crippen molar-refractivity contribution < 1.29 is 4.79 Å². The minimum atomic E-state index is -0.248. The lowest BCUT2D eigenvalue weighted by atomic mass is 10.2. The monoisotopic (exact) mass is 363 g/mol. The highest BCUT2D eigenvalue weighted by molar-refractivity contribution is 6.42. The van der Waals surface area contributed by atoms with Gasteiger partial charge in [0.25, 0.3) is 5.91 Å². The Labute approximate surface area is 149 Å². The number of hydrogen-bond donors (Lipinski definition) is 1. The van der Waals surface area contributed by atoms with Crippen LogP contribution in [0, 0.1) is 6.92 Å². The molecule has 0 aliphatic rings. The summed E-state index contributed by atoms with van der Waals surface area (Å²) in [6.45, 7) is 2.45. The van der Waals surface area contributed by atoms with Crippen LogP contribution in [0.4, 0.5) is 5.82 Å². The molecule has 1 amide bonds. The summed E-state index contributed by atoms with van der Waals surface area (Å²) in [6, 6.07) is 7.26. The summed E-state index contributed by atoms with van der Waals surface area (Å²) in [6.07, 6.45) is 3.16. The summed E-state index contributed by atoms with van der Waals surface area (Å²) in [5, 5.41) is 12.2. The summed E-state index contributed by atoms with van der Waals surface area (Å²) in [5.74, 6) is 0.240. The maximum absolute atomic E-state index is 12.1. The second-order valence-corrected chi connectivity index (χ2v) is 6.25. The third-order valence-electron chi connectivity index (χ3n) is 3.51. The average molecular weight is 364 g/mol.